The Morgan fingerprint density at radius 2 is 1.44 bits per heavy atom. The molecular weight excluding hydrogens is 470 g/mol. The quantitative estimate of drug-likeness (QED) is 0.403. The number of benzene rings is 2. The maximum atomic E-state index is 12.3. The van der Waals surface area contributed by atoms with E-state index in [1.165, 1.54) is 0 Å². The van der Waals surface area contributed by atoms with Crippen molar-refractivity contribution >= 4 is 12.0 Å². The fraction of sp³-hybridized carbons (Fsp3) is 0.240. The van der Waals surface area contributed by atoms with E-state index in [1.807, 2.05) is 60.9 Å². The lowest BCUT2D eigenvalue weighted by molar-refractivity contribution is -0.705. The molecule has 0 fully saturated rings. The molecule has 1 aromatic heterocycles. The Bertz CT molecular complexity index is 982. The fourth-order valence-electron chi connectivity index (χ4n) is 3.27. The number of nitrogens with one attached hydrogen (secondary N) is 2. The summed E-state index contributed by atoms with van der Waals surface area (Å²) in [4.78, 5) is 24.0. The van der Waals surface area contributed by atoms with Crippen LogP contribution < -0.4 is 32.4 Å². The van der Waals surface area contributed by atoms with E-state index in [2.05, 4.69) is 39.7 Å². The summed E-state index contributed by atoms with van der Waals surface area (Å²) in [6, 6.07) is 24.2. The molecule has 2 aromatic carbocycles. The van der Waals surface area contributed by atoms with E-state index in [4.69, 9.17) is 4.74 Å². The monoisotopic (exact) mass is 497 g/mol. The zero-order valence-electron chi connectivity index (χ0n) is 18.4. The number of nitrogens with zero attached hydrogens (tertiary/aromatic N) is 1. The standard InChI is InChI=1S/C25H27N3O3.BrH/c1-25(2,3)31-24(30)27-26-22(29)17-19-11-10-16-28(18-19)23(20-12-6-4-7-13-20)21-14-8-5-9-15-21;/h4-16,18,23H,17H2,1-3H3,(H-,26,27,29,30);1H. The van der Waals surface area contributed by atoms with Crippen LogP contribution in [0.5, 0.6) is 0 Å². The molecule has 3 rings (SSSR count). The van der Waals surface area contributed by atoms with Crippen molar-refractivity contribution in [2.75, 3.05) is 0 Å². The highest BCUT2D eigenvalue weighted by Crippen LogP contribution is 2.21. The number of amides is 2. The zero-order chi connectivity index (χ0) is 22.3. The van der Waals surface area contributed by atoms with E-state index in [9.17, 15) is 9.59 Å². The van der Waals surface area contributed by atoms with Gasteiger partial charge in [-0.25, -0.2) is 10.2 Å². The van der Waals surface area contributed by atoms with Gasteiger partial charge in [-0.05, 0) is 26.8 Å². The summed E-state index contributed by atoms with van der Waals surface area (Å²) >= 11 is 0. The minimum atomic E-state index is -0.697. The summed E-state index contributed by atoms with van der Waals surface area (Å²) in [5.41, 5.74) is 7.15. The first kappa shape index (κ1) is 25.1. The number of rotatable bonds is 5. The van der Waals surface area contributed by atoms with Crippen molar-refractivity contribution in [3.63, 3.8) is 0 Å². The second kappa shape index (κ2) is 11.4. The molecule has 2 N–H and O–H groups in total. The molecular formula is C25H28BrN3O3. The molecule has 0 saturated carbocycles. The summed E-state index contributed by atoms with van der Waals surface area (Å²) in [6.45, 7) is 5.27. The molecule has 3 aromatic rings. The first-order valence-electron chi connectivity index (χ1n) is 10.2. The van der Waals surface area contributed by atoms with Crippen molar-refractivity contribution in [2.45, 2.75) is 38.8 Å². The van der Waals surface area contributed by atoms with Gasteiger partial charge in [0.2, 0.25) is 11.9 Å². The molecule has 0 aliphatic carbocycles. The number of ether oxygens (including phenoxy) is 1. The van der Waals surface area contributed by atoms with Crippen molar-refractivity contribution < 1.29 is 35.9 Å². The van der Waals surface area contributed by atoms with Gasteiger partial charge in [-0.15, -0.1) is 0 Å². The summed E-state index contributed by atoms with van der Waals surface area (Å²) in [5, 5.41) is 0. The Morgan fingerprint density at radius 3 is 1.97 bits per heavy atom. The number of carbonyl (C=O) groups excluding carboxylic acids is 2. The van der Waals surface area contributed by atoms with Crippen LogP contribution in [0.15, 0.2) is 85.2 Å². The fourth-order valence-corrected chi connectivity index (χ4v) is 3.27. The van der Waals surface area contributed by atoms with Gasteiger partial charge in [0.25, 0.3) is 0 Å². The Morgan fingerprint density at radius 1 is 0.875 bits per heavy atom. The van der Waals surface area contributed by atoms with Gasteiger partial charge in [0.05, 0.1) is 6.42 Å². The average molecular weight is 498 g/mol. The largest absolute Gasteiger partial charge is 1.00 e. The minimum absolute atomic E-state index is 0. The van der Waals surface area contributed by atoms with E-state index >= 15 is 0 Å². The van der Waals surface area contributed by atoms with Crippen LogP contribution in [-0.2, 0) is 16.0 Å². The highest BCUT2D eigenvalue weighted by atomic mass is 79.9. The Kier molecular flexibility index (Phi) is 8.96. The summed E-state index contributed by atoms with van der Waals surface area (Å²) in [5.74, 6) is -0.334. The molecule has 0 spiro atoms. The highest BCUT2D eigenvalue weighted by Gasteiger charge is 2.24. The third-order valence-electron chi connectivity index (χ3n) is 4.48. The predicted octanol–water partition coefficient (Wildman–Crippen LogP) is 0.714. The first-order chi connectivity index (χ1) is 14.8. The van der Waals surface area contributed by atoms with Crippen molar-refractivity contribution in [3.8, 4) is 0 Å². The molecule has 1 heterocycles. The van der Waals surface area contributed by atoms with Gasteiger partial charge >= 0.3 is 6.09 Å². The number of pyridine rings is 1. The van der Waals surface area contributed by atoms with E-state index in [0.29, 0.717) is 0 Å². The van der Waals surface area contributed by atoms with Gasteiger partial charge in [-0.1, -0.05) is 60.7 Å². The van der Waals surface area contributed by atoms with Gasteiger partial charge in [-0.3, -0.25) is 10.2 Å². The van der Waals surface area contributed by atoms with E-state index in [1.54, 1.807) is 20.8 Å². The molecule has 0 bridgehead atoms. The maximum absolute atomic E-state index is 12.3. The van der Waals surface area contributed by atoms with Crippen molar-refractivity contribution in [1.29, 1.82) is 0 Å². The molecule has 0 aliphatic rings. The molecule has 168 valence electrons. The predicted molar refractivity (Wildman–Crippen MR) is 118 cm³/mol. The lowest BCUT2D eigenvalue weighted by Gasteiger charge is -2.19. The van der Waals surface area contributed by atoms with Crippen molar-refractivity contribution in [1.82, 2.24) is 10.9 Å². The summed E-state index contributed by atoms with van der Waals surface area (Å²) in [6.07, 6.45) is 3.37. The van der Waals surface area contributed by atoms with Gasteiger partial charge in [-0.2, -0.15) is 4.57 Å². The topological polar surface area (TPSA) is 71.3 Å². The van der Waals surface area contributed by atoms with Crippen LogP contribution in [0, 0.1) is 0 Å². The molecule has 6 nitrogen and oxygen atoms in total. The van der Waals surface area contributed by atoms with Crippen molar-refractivity contribution in [3.05, 3.63) is 102 Å². The van der Waals surface area contributed by atoms with Crippen LogP contribution >= 0.6 is 0 Å². The van der Waals surface area contributed by atoms with Crippen molar-refractivity contribution in [2.24, 2.45) is 0 Å². The molecule has 0 unspecified atom stereocenters. The van der Waals surface area contributed by atoms with Crippen LogP contribution in [0.25, 0.3) is 0 Å². The number of halogens is 1. The number of carbonyl (C=O) groups is 2. The van der Waals surface area contributed by atoms with E-state index < -0.39 is 11.7 Å². The van der Waals surface area contributed by atoms with Gasteiger partial charge in [0.15, 0.2) is 12.4 Å². The Balaban J connectivity index is 0.00000363. The van der Waals surface area contributed by atoms with Crippen LogP contribution in [0.3, 0.4) is 0 Å². The Hall–Kier alpha value is -3.19. The minimum Gasteiger partial charge on any atom is -1.00 e. The number of hydrogen-bond acceptors (Lipinski definition) is 3. The molecule has 0 atom stereocenters. The normalized spacial score (nSPS) is 10.8. The summed E-state index contributed by atoms with van der Waals surface area (Å²) < 4.78 is 7.21. The molecule has 2 amide bonds. The van der Waals surface area contributed by atoms with Gasteiger partial charge in [0.1, 0.15) is 5.60 Å². The number of hydrogen-bond donors (Lipinski definition) is 2. The number of hydrazine groups is 1. The van der Waals surface area contributed by atoms with Gasteiger partial charge in [0, 0.05) is 22.8 Å². The lowest BCUT2D eigenvalue weighted by Crippen LogP contribution is -3.00. The van der Waals surface area contributed by atoms with Gasteiger partial charge < -0.3 is 21.7 Å². The highest BCUT2D eigenvalue weighted by molar-refractivity contribution is 5.80. The van der Waals surface area contributed by atoms with E-state index in [0.717, 1.165) is 16.7 Å². The Labute approximate surface area is 199 Å². The third kappa shape index (κ3) is 7.50. The smallest absolute Gasteiger partial charge is 0.426 e. The van der Waals surface area contributed by atoms with E-state index in [-0.39, 0.29) is 35.4 Å². The SMILES string of the molecule is CC(C)(C)OC(=O)NNC(=O)Cc1ccc[n+](C(c2ccccc2)c2ccccc2)c1.[Br-]. The first-order valence-corrected chi connectivity index (χ1v) is 10.2. The maximum Gasteiger partial charge on any atom is 0.426 e. The average Bonchev–Trinajstić information content (AvgIpc) is 2.73. The van der Waals surface area contributed by atoms with Crippen LogP contribution in [0.1, 0.15) is 43.5 Å². The number of aromatic nitrogens is 1. The molecule has 0 saturated heterocycles. The summed E-state index contributed by atoms with van der Waals surface area (Å²) in [7, 11) is 0. The van der Waals surface area contributed by atoms with Crippen LogP contribution in [-0.4, -0.2) is 17.6 Å². The lowest BCUT2D eigenvalue weighted by atomic mass is 9.98. The molecule has 7 heteroatoms. The second-order valence-corrected chi connectivity index (χ2v) is 8.24. The third-order valence-corrected chi connectivity index (χ3v) is 4.48. The van der Waals surface area contributed by atoms with Crippen LogP contribution in [0.4, 0.5) is 4.79 Å². The van der Waals surface area contributed by atoms with Crippen LogP contribution in [0.2, 0.25) is 0 Å². The molecule has 32 heavy (non-hydrogen) atoms. The zero-order valence-corrected chi connectivity index (χ0v) is 20.0. The molecule has 0 radical (unpaired) electrons. The molecule has 0 aliphatic heterocycles. The second-order valence-electron chi connectivity index (χ2n) is 8.24.